The second-order valence-electron chi connectivity index (χ2n) is 8.04. The summed E-state index contributed by atoms with van der Waals surface area (Å²) in [6.45, 7) is 0.343. The van der Waals surface area contributed by atoms with Crippen molar-refractivity contribution in [1.82, 2.24) is 15.0 Å². The Bertz CT molecular complexity index is 1570. The smallest absolute Gasteiger partial charge is 0.359 e. The number of anilines is 2. The summed E-state index contributed by atoms with van der Waals surface area (Å²) < 4.78 is 75.4. The number of nitrogens with one attached hydrogen (secondary N) is 2. The van der Waals surface area contributed by atoms with Gasteiger partial charge in [-0.05, 0) is 61.0 Å². The highest BCUT2D eigenvalue weighted by Gasteiger charge is 2.28. The van der Waals surface area contributed by atoms with Gasteiger partial charge in [0.05, 0.1) is 22.3 Å². The molecular weight excluding hydrogens is 536 g/mol. The summed E-state index contributed by atoms with van der Waals surface area (Å²) in [6, 6.07) is 12.3. The first-order valence-electron chi connectivity index (χ1n) is 10.6. The molecule has 2 aromatic carbocycles. The molecule has 0 aliphatic carbocycles. The summed E-state index contributed by atoms with van der Waals surface area (Å²) in [5, 5.41) is 10.3. The number of sulfonamides is 1. The average Bonchev–Trinajstić information content (AvgIpc) is 2.81. The normalized spacial score (nSPS) is 12.9. The summed E-state index contributed by atoms with van der Waals surface area (Å²) >= 11 is 6.06. The summed E-state index contributed by atoms with van der Waals surface area (Å²) in [7, 11) is -4.01. The van der Waals surface area contributed by atoms with Gasteiger partial charge in [0.2, 0.25) is 16.0 Å². The lowest BCUT2D eigenvalue weighted by atomic mass is 10.1. The predicted molar refractivity (Wildman–Crippen MR) is 132 cm³/mol. The van der Waals surface area contributed by atoms with Crippen molar-refractivity contribution in [3.05, 3.63) is 71.0 Å². The van der Waals surface area contributed by atoms with Gasteiger partial charge in [-0.3, -0.25) is 0 Å². The van der Waals surface area contributed by atoms with E-state index in [1.165, 1.54) is 42.5 Å². The van der Waals surface area contributed by atoms with Gasteiger partial charge >= 0.3 is 6.18 Å². The van der Waals surface area contributed by atoms with E-state index in [-0.39, 0.29) is 32.7 Å². The van der Waals surface area contributed by atoms with Crippen LogP contribution in [0.4, 0.5) is 29.3 Å². The van der Waals surface area contributed by atoms with Crippen LogP contribution < -0.4 is 15.8 Å². The van der Waals surface area contributed by atoms with Crippen molar-refractivity contribution in [2.75, 3.05) is 17.2 Å². The zero-order chi connectivity index (χ0) is 27.0. The van der Waals surface area contributed by atoms with Crippen LogP contribution in [0.25, 0.3) is 22.3 Å². The number of aromatic nitrogens is 3. The molecule has 4 N–H and O–H groups in total. The number of alkyl halides is 3. The van der Waals surface area contributed by atoms with Gasteiger partial charge in [0.15, 0.2) is 5.82 Å². The van der Waals surface area contributed by atoms with Gasteiger partial charge in [-0.25, -0.2) is 27.9 Å². The summed E-state index contributed by atoms with van der Waals surface area (Å²) in [4.78, 5) is 12.7. The maximum absolute atomic E-state index is 13.3. The minimum atomic E-state index is -4.52. The molecule has 4 aromatic rings. The number of nitrogens with zero attached hydrogens (tertiary/aromatic N) is 3. The van der Waals surface area contributed by atoms with Gasteiger partial charge in [0.25, 0.3) is 0 Å². The van der Waals surface area contributed by atoms with Crippen LogP contribution in [0.1, 0.15) is 18.5 Å². The van der Waals surface area contributed by atoms with Gasteiger partial charge in [0, 0.05) is 5.56 Å². The zero-order valence-corrected chi connectivity index (χ0v) is 20.6. The van der Waals surface area contributed by atoms with E-state index >= 15 is 0 Å². The summed E-state index contributed by atoms with van der Waals surface area (Å²) in [5.41, 5.74) is 1.84. The van der Waals surface area contributed by atoms with Crippen LogP contribution in [0, 0.1) is 5.82 Å². The number of rotatable bonds is 7. The quantitative estimate of drug-likeness (QED) is 0.266. The fourth-order valence-corrected chi connectivity index (χ4v) is 4.56. The molecule has 0 bridgehead atoms. The molecule has 0 spiro atoms. The van der Waals surface area contributed by atoms with Crippen LogP contribution >= 0.6 is 11.6 Å². The van der Waals surface area contributed by atoms with E-state index in [1.807, 2.05) is 0 Å². The van der Waals surface area contributed by atoms with Crippen LogP contribution in [0.2, 0.25) is 5.02 Å². The van der Waals surface area contributed by atoms with E-state index in [9.17, 15) is 26.0 Å². The second kappa shape index (κ2) is 10.1. The highest BCUT2D eigenvalue weighted by atomic mass is 35.5. The number of hydrogen-bond acceptors (Lipinski definition) is 7. The lowest BCUT2D eigenvalue weighted by Gasteiger charge is -2.17. The van der Waals surface area contributed by atoms with Crippen LogP contribution in [0.5, 0.6) is 0 Å². The van der Waals surface area contributed by atoms with E-state index in [0.29, 0.717) is 16.8 Å². The Labute approximate surface area is 214 Å². The van der Waals surface area contributed by atoms with Gasteiger partial charge in [-0.1, -0.05) is 17.7 Å². The molecule has 14 heteroatoms. The molecule has 2 aromatic heterocycles. The van der Waals surface area contributed by atoms with Crippen molar-refractivity contribution < 1.29 is 26.0 Å². The standard InChI is InChI=1S/C23H19ClF4N6O2S/c1-12(14-4-9-19(16(24)10-14)37(29,35)36)31-22-33-18-8-7-17(13-2-5-15(25)6-3-13)32-20(18)21(34-22)30-11-23(26,27)28/h2-10,12H,11H2,1H3,(H2,29,35,36)(H2,30,31,33,34). The first-order chi connectivity index (χ1) is 17.3. The number of nitrogens with two attached hydrogens (primary N) is 1. The lowest BCUT2D eigenvalue weighted by molar-refractivity contribution is -0.115. The lowest BCUT2D eigenvalue weighted by Crippen LogP contribution is -2.22. The molecule has 0 amide bonds. The Hall–Kier alpha value is -3.55. The number of primary sulfonamides is 1. The number of halogens is 5. The van der Waals surface area contributed by atoms with Crippen LogP contribution in [-0.4, -0.2) is 36.1 Å². The number of benzene rings is 2. The molecule has 0 aliphatic heterocycles. The third kappa shape index (κ3) is 6.42. The fourth-order valence-electron chi connectivity index (χ4n) is 3.46. The molecule has 194 valence electrons. The zero-order valence-electron chi connectivity index (χ0n) is 19.0. The van der Waals surface area contributed by atoms with Crippen molar-refractivity contribution in [3.8, 4) is 11.3 Å². The highest BCUT2D eigenvalue weighted by Crippen LogP contribution is 2.29. The molecule has 2 heterocycles. The number of pyridine rings is 1. The molecular formula is C23H19ClF4N6O2S. The Morgan fingerprint density at radius 3 is 2.35 bits per heavy atom. The molecule has 4 rings (SSSR count). The molecule has 8 nitrogen and oxygen atoms in total. The summed E-state index contributed by atoms with van der Waals surface area (Å²) in [6.07, 6.45) is -4.52. The number of hydrogen-bond donors (Lipinski definition) is 3. The SMILES string of the molecule is CC(Nc1nc(NCC(F)(F)F)c2nc(-c3ccc(F)cc3)ccc2n1)c1ccc(S(N)(=O)=O)c(Cl)c1. The first-order valence-corrected chi connectivity index (χ1v) is 12.6. The highest BCUT2D eigenvalue weighted by molar-refractivity contribution is 7.89. The third-order valence-corrected chi connectivity index (χ3v) is 6.64. The van der Waals surface area contributed by atoms with E-state index in [2.05, 4.69) is 25.6 Å². The Kier molecular flexibility index (Phi) is 7.22. The molecule has 0 saturated heterocycles. The molecule has 37 heavy (non-hydrogen) atoms. The average molecular weight is 555 g/mol. The topological polar surface area (TPSA) is 123 Å². The number of fused-ring (bicyclic) bond motifs is 1. The van der Waals surface area contributed by atoms with Gasteiger partial charge in [-0.2, -0.15) is 18.2 Å². The van der Waals surface area contributed by atoms with Crippen LogP contribution in [0.15, 0.2) is 59.5 Å². The molecule has 0 fully saturated rings. The van der Waals surface area contributed by atoms with Crippen LogP contribution in [-0.2, 0) is 10.0 Å². The Morgan fingerprint density at radius 1 is 1.03 bits per heavy atom. The van der Waals surface area contributed by atoms with E-state index in [0.717, 1.165) is 0 Å². The van der Waals surface area contributed by atoms with E-state index < -0.39 is 34.6 Å². The molecule has 0 saturated carbocycles. The third-order valence-electron chi connectivity index (χ3n) is 5.25. The summed E-state index contributed by atoms with van der Waals surface area (Å²) in [5.74, 6) is -0.609. The van der Waals surface area contributed by atoms with Gasteiger partial charge in [-0.15, -0.1) is 0 Å². The maximum atomic E-state index is 13.3. The monoisotopic (exact) mass is 554 g/mol. The van der Waals surface area contributed by atoms with E-state index in [4.69, 9.17) is 16.7 Å². The maximum Gasteiger partial charge on any atom is 0.405 e. The molecule has 0 radical (unpaired) electrons. The second-order valence-corrected chi connectivity index (χ2v) is 9.97. The molecule has 1 unspecified atom stereocenters. The predicted octanol–water partition coefficient (Wildman–Crippen LogP) is 5.28. The van der Waals surface area contributed by atoms with Crippen molar-refractivity contribution in [2.24, 2.45) is 5.14 Å². The Morgan fingerprint density at radius 2 is 1.73 bits per heavy atom. The van der Waals surface area contributed by atoms with Crippen molar-refractivity contribution in [3.63, 3.8) is 0 Å². The minimum absolute atomic E-state index is 0.00680. The van der Waals surface area contributed by atoms with Gasteiger partial charge < -0.3 is 10.6 Å². The largest absolute Gasteiger partial charge is 0.405 e. The van der Waals surface area contributed by atoms with E-state index in [1.54, 1.807) is 19.1 Å². The molecule has 0 aliphatic rings. The molecule has 1 atom stereocenters. The Balaban J connectivity index is 1.70. The van der Waals surface area contributed by atoms with Crippen LogP contribution in [0.3, 0.4) is 0 Å². The van der Waals surface area contributed by atoms with Gasteiger partial charge in [0.1, 0.15) is 22.8 Å². The van der Waals surface area contributed by atoms with Crippen molar-refractivity contribution in [1.29, 1.82) is 0 Å². The van der Waals surface area contributed by atoms with Crippen molar-refractivity contribution in [2.45, 2.75) is 24.0 Å². The fraction of sp³-hybridized carbons (Fsp3) is 0.174. The van der Waals surface area contributed by atoms with Crippen molar-refractivity contribution >= 4 is 44.4 Å². The minimum Gasteiger partial charge on any atom is -0.359 e. The first kappa shape index (κ1) is 26.5.